The van der Waals surface area contributed by atoms with Gasteiger partial charge in [-0.3, -0.25) is 4.90 Å². The zero-order valence-corrected chi connectivity index (χ0v) is 14.8. The third-order valence-corrected chi connectivity index (χ3v) is 5.26. The van der Waals surface area contributed by atoms with Crippen LogP contribution in [0.3, 0.4) is 0 Å². The highest BCUT2D eigenvalue weighted by molar-refractivity contribution is 6.27. The molecule has 1 unspecified atom stereocenters. The van der Waals surface area contributed by atoms with Gasteiger partial charge in [-0.15, -0.1) is 0 Å². The van der Waals surface area contributed by atoms with Gasteiger partial charge in [0.25, 0.3) is 0 Å². The molecule has 0 radical (unpaired) electrons. The lowest BCUT2D eigenvalue weighted by molar-refractivity contribution is -0.159. The SMILES string of the molecule is CCCN1Cc2ccccc2C12CCc1ccccc12.O=C(O)C(=O)O. The minimum atomic E-state index is -1.82. The van der Waals surface area contributed by atoms with Gasteiger partial charge in [-0.2, -0.15) is 0 Å². The van der Waals surface area contributed by atoms with E-state index in [1.54, 1.807) is 16.7 Å². The molecule has 2 aliphatic rings. The van der Waals surface area contributed by atoms with Crippen LogP contribution in [0.1, 0.15) is 42.0 Å². The summed E-state index contributed by atoms with van der Waals surface area (Å²) in [5, 5.41) is 14.8. The number of aryl methyl sites for hydroxylation is 1. The predicted molar refractivity (Wildman–Crippen MR) is 98.0 cm³/mol. The highest BCUT2D eigenvalue weighted by Gasteiger charge is 2.49. The summed E-state index contributed by atoms with van der Waals surface area (Å²) in [6.07, 6.45) is 3.67. The summed E-state index contributed by atoms with van der Waals surface area (Å²) in [6.45, 7) is 4.58. The first-order chi connectivity index (χ1) is 12.5. The van der Waals surface area contributed by atoms with Crippen molar-refractivity contribution in [2.45, 2.75) is 38.3 Å². The predicted octanol–water partition coefficient (Wildman–Crippen LogP) is 3.26. The molecular formula is C21H23NO4. The number of nitrogens with zero attached hydrogens (tertiary/aromatic N) is 1. The Labute approximate surface area is 152 Å². The maximum absolute atomic E-state index is 9.10. The molecule has 2 N–H and O–H groups in total. The highest BCUT2D eigenvalue weighted by Crippen LogP contribution is 2.51. The molecule has 1 atom stereocenters. The molecule has 0 bridgehead atoms. The number of carboxylic acids is 2. The average Bonchev–Trinajstić information content (AvgIpc) is 3.17. The standard InChI is InChI=1S/C19H21N.C2H2O4/c1-2-13-20-14-16-8-4-6-10-18(16)19(20)12-11-15-7-3-5-9-17(15)19;3-1(4)2(5)6/h3-10H,2,11-14H2,1H3;(H,3,4)(H,5,6). The van der Waals surface area contributed by atoms with E-state index < -0.39 is 11.9 Å². The first-order valence-electron chi connectivity index (χ1n) is 8.88. The zero-order chi connectivity index (χ0) is 18.7. The minimum absolute atomic E-state index is 0.156. The molecule has 0 saturated carbocycles. The largest absolute Gasteiger partial charge is 0.473 e. The Bertz CT molecular complexity index is 807. The maximum Gasteiger partial charge on any atom is 0.414 e. The lowest BCUT2D eigenvalue weighted by Crippen LogP contribution is -2.40. The molecule has 2 aromatic rings. The van der Waals surface area contributed by atoms with E-state index in [9.17, 15) is 0 Å². The fraction of sp³-hybridized carbons (Fsp3) is 0.333. The molecule has 1 aliphatic heterocycles. The summed E-state index contributed by atoms with van der Waals surface area (Å²) in [7, 11) is 0. The quantitative estimate of drug-likeness (QED) is 0.811. The second-order valence-corrected chi connectivity index (χ2v) is 6.71. The van der Waals surface area contributed by atoms with E-state index in [2.05, 4.69) is 60.4 Å². The fourth-order valence-electron chi connectivity index (χ4n) is 4.31. The summed E-state index contributed by atoms with van der Waals surface area (Å²) < 4.78 is 0. The first kappa shape index (κ1) is 18.1. The number of aliphatic carboxylic acids is 2. The van der Waals surface area contributed by atoms with E-state index in [1.807, 2.05) is 0 Å². The van der Waals surface area contributed by atoms with Gasteiger partial charge in [0.15, 0.2) is 0 Å². The van der Waals surface area contributed by atoms with Crippen LogP contribution >= 0.6 is 0 Å². The summed E-state index contributed by atoms with van der Waals surface area (Å²) in [5.74, 6) is -3.65. The Balaban J connectivity index is 0.000000286. The van der Waals surface area contributed by atoms with Gasteiger partial charge in [0.2, 0.25) is 0 Å². The van der Waals surface area contributed by atoms with E-state index in [0.29, 0.717) is 0 Å². The number of rotatable bonds is 2. The van der Waals surface area contributed by atoms with Crippen LogP contribution in [-0.4, -0.2) is 33.6 Å². The van der Waals surface area contributed by atoms with Crippen molar-refractivity contribution in [2.24, 2.45) is 0 Å². The number of hydrogen-bond acceptors (Lipinski definition) is 3. The third kappa shape index (κ3) is 2.99. The lowest BCUT2D eigenvalue weighted by Gasteiger charge is -2.37. The van der Waals surface area contributed by atoms with E-state index in [0.717, 1.165) is 6.54 Å². The zero-order valence-electron chi connectivity index (χ0n) is 14.8. The van der Waals surface area contributed by atoms with Crippen LogP contribution < -0.4 is 0 Å². The molecule has 136 valence electrons. The molecule has 0 aromatic heterocycles. The molecule has 5 heteroatoms. The molecular weight excluding hydrogens is 330 g/mol. The molecule has 2 aromatic carbocycles. The third-order valence-electron chi connectivity index (χ3n) is 5.26. The van der Waals surface area contributed by atoms with Gasteiger partial charge in [0, 0.05) is 6.54 Å². The smallest absolute Gasteiger partial charge is 0.414 e. The Hall–Kier alpha value is -2.66. The Kier molecular flexibility index (Phi) is 5.09. The van der Waals surface area contributed by atoms with Gasteiger partial charge in [-0.25, -0.2) is 9.59 Å². The number of carbonyl (C=O) groups is 2. The van der Waals surface area contributed by atoms with Crippen LogP contribution in [0.2, 0.25) is 0 Å². The van der Waals surface area contributed by atoms with Crippen molar-refractivity contribution < 1.29 is 19.8 Å². The normalized spacial score (nSPS) is 20.2. The second-order valence-electron chi connectivity index (χ2n) is 6.71. The van der Waals surface area contributed by atoms with E-state index in [1.165, 1.54) is 31.4 Å². The van der Waals surface area contributed by atoms with Crippen LogP contribution in [0.25, 0.3) is 0 Å². The van der Waals surface area contributed by atoms with E-state index in [4.69, 9.17) is 19.8 Å². The fourth-order valence-corrected chi connectivity index (χ4v) is 4.31. The topological polar surface area (TPSA) is 77.8 Å². The van der Waals surface area contributed by atoms with E-state index >= 15 is 0 Å². The molecule has 0 saturated heterocycles. The molecule has 0 fully saturated rings. The van der Waals surface area contributed by atoms with Crippen LogP contribution in [0.5, 0.6) is 0 Å². The second kappa shape index (κ2) is 7.30. The van der Waals surface area contributed by atoms with Crippen molar-refractivity contribution in [3.05, 3.63) is 70.8 Å². The van der Waals surface area contributed by atoms with Gasteiger partial charge >= 0.3 is 11.9 Å². The molecule has 5 nitrogen and oxygen atoms in total. The first-order valence-corrected chi connectivity index (χ1v) is 8.88. The molecule has 4 rings (SSSR count). The van der Waals surface area contributed by atoms with E-state index in [-0.39, 0.29) is 5.54 Å². The van der Waals surface area contributed by atoms with Gasteiger partial charge in [0.05, 0.1) is 5.54 Å². The molecule has 1 heterocycles. The van der Waals surface area contributed by atoms with Gasteiger partial charge in [-0.1, -0.05) is 55.5 Å². The average molecular weight is 353 g/mol. The van der Waals surface area contributed by atoms with Crippen LogP contribution in [0, 0.1) is 0 Å². The van der Waals surface area contributed by atoms with Crippen LogP contribution in [0.15, 0.2) is 48.5 Å². The Morgan fingerprint density at radius 1 is 0.962 bits per heavy atom. The number of fused-ring (bicyclic) bond motifs is 4. The highest BCUT2D eigenvalue weighted by atomic mass is 16.4. The lowest BCUT2D eigenvalue weighted by atomic mass is 9.84. The van der Waals surface area contributed by atoms with Crippen LogP contribution in [-0.2, 0) is 28.1 Å². The Morgan fingerprint density at radius 3 is 2.08 bits per heavy atom. The number of carboxylic acid groups (broad SMARTS) is 2. The minimum Gasteiger partial charge on any atom is -0.473 e. The van der Waals surface area contributed by atoms with Crippen molar-refractivity contribution >= 4 is 11.9 Å². The maximum atomic E-state index is 9.10. The van der Waals surface area contributed by atoms with Crippen LogP contribution in [0.4, 0.5) is 0 Å². The Morgan fingerprint density at radius 2 is 1.50 bits per heavy atom. The van der Waals surface area contributed by atoms with Crippen molar-refractivity contribution in [1.29, 1.82) is 0 Å². The van der Waals surface area contributed by atoms with Gasteiger partial charge < -0.3 is 10.2 Å². The number of hydrogen-bond donors (Lipinski definition) is 2. The van der Waals surface area contributed by atoms with Crippen molar-refractivity contribution in [3.8, 4) is 0 Å². The van der Waals surface area contributed by atoms with Gasteiger partial charge in [-0.05, 0) is 48.1 Å². The molecule has 0 amide bonds. The summed E-state index contributed by atoms with van der Waals surface area (Å²) in [4.78, 5) is 20.9. The van der Waals surface area contributed by atoms with Crippen molar-refractivity contribution in [3.63, 3.8) is 0 Å². The van der Waals surface area contributed by atoms with Crippen molar-refractivity contribution in [1.82, 2.24) is 4.90 Å². The van der Waals surface area contributed by atoms with Crippen molar-refractivity contribution in [2.75, 3.05) is 6.54 Å². The molecule has 1 spiro atoms. The summed E-state index contributed by atoms with van der Waals surface area (Å²) >= 11 is 0. The number of benzene rings is 2. The monoisotopic (exact) mass is 353 g/mol. The summed E-state index contributed by atoms with van der Waals surface area (Å²) in [6, 6.07) is 18.1. The molecule has 1 aliphatic carbocycles. The van der Waals surface area contributed by atoms with Gasteiger partial charge in [0.1, 0.15) is 0 Å². The summed E-state index contributed by atoms with van der Waals surface area (Å²) in [5.41, 5.74) is 6.34. The molecule has 26 heavy (non-hydrogen) atoms.